The van der Waals surface area contributed by atoms with Crippen molar-refractivity contribution in [2.45, 2.75) is 25.8 Å². The summed E-state index contributed by atoms with van der Waals surface area (Å²) in [6, 6.07) is 0.0519. The molecule has 0 saturated carbocycles. The average molecular weight is 194 g/mol. The van der Waals surface area contributed by atoms with E-state index < -0.39 is 0 Å². The lowest BCUT2D eigenvalue weighted by Crippen LogP contribution is -2.33. The zero-order valence-corrected chi connectivity index (χ0v) is 8.92. The van der Waals surface area contributed by atoms with Crippen LogP contribution in [0.25, 0.3) is 0 Å². The van der Waals surface area contributed by atoms with E-state index in [0.717, 1.165) is 31.9 Å². The molecule has 0 aromatic heterocycles. The van der Waals surface area contributed by atoms with E-state index in [1.54, 1.807) is 7.05 Å². The third-order valence-electron chi connectivity index (χ3n) is 2.41. The van der Waals surface area contributed by atoms with Crippen LogP contribution in [-0.4, -0.2) is 32.1 Å². The summed E-state index contributed by atoms with van der Waals surface area (Å²) in [6.07, 6.45) is 7.37. The SMILES string of the molecule is C#CC(C)NC(CC1CCOC1)=NC. The number of terminal acetylenes is 1. The summed E-state index contributed by atoms with van der Waals surface area (Å²) in [5, 5.41) is 3.20. The molecule has 0 bridgehead atoms. The quantitative estimate of drug-likeness (QED) is 0.414. The van der Waals surface area contributed by atoms with Gasteiger partial charge in [-0.3, -0.25) is 4.99 Å². The smallest absolute Gasteiger partial charge is 0.0972 e. The lowest BCUT2D eigenvalue weighted by molar-refractivity contribution is 0.186. The van der Waals surface area contributed by atoms with E-state index in [2.05, 4.69) is 16.2 Å². The van der Waals surface area contributed by atoms with Gasteiger partial charge in [0.25, 0.3) is 0 Å². The maximum absolute atomic E-state index is 5.31. The van der Waals surface area contributed by atoms with Gasteiger partial charge in [-0.05, 0) is 19.3 Å². The van der Waals surface area contributed by atoms with Crippen molar-refractivity contribution < 1.29 is 4.74 Å². The minimum absolute atomic E-state index is 0.0519. The fraction of sp³-hybridized carbons (Fsp3) is 0.727. The molecule has 0 aromatic rings. The summed E-state index contributed by atoms with van der Waals surface area (Å²) < 4.78 is 5.31. The highest BCUT2D eigenvalue weighted by Gasteiger charge is 2.18. The number of ether oxygens (including phenoxy) is 1. The largest absolute Gasteiger partial charge is 0.381 e. The number of hydrogen-bond acceptors (Lipinski definition) is 2. The monoisotopic (exact) mass is 194 g/mol. The van der Waals surface area contributed by atoms with Crippen LogP contribution in [0, 0.1) is 18.3 Å². The molecule has 0 aromatic carbocycles. The molecule has 3 nitrogen and oxygen atoms in total. The first-order chi connectivity index (χ1) is 6.76. The van der Waals surface area contributed by atoms with Crippen molar-refractivity contribution in [2.75, 3.05) is 20.3 Å². The molecule has 1 aliphatic heterocycles. The Balaban J connectivity index is 2.36. The number of nitrogens with one attached hydrogen (secondary N) is 1. The number of aliphatic imine (C=N–C) groups is 1. The normalized spacial score (nSPS) is 24.4. The topological polar surface area (TPSA) is 33.6 Å². The van der Waals surface area contributed by atoms with Crippen LogP contribution in [0.4, 0.5) is 0 Å². The molecule has 3 heteroatoms. The Labute approximate surface area is 85.9 Å². The molecular weight excluding hydrogens is 176 g/mol. The highest BCUT2D eigenvalue weighted by atomic mass is 16.5. The Morgan fingerprint density at radius 1 is 1.79 bits per heavy atom. The van der Waals surface area contributed by atoms with Gasteiger partial charge in [0.15, 0.2) is 0 Å². The molecule has 2 unspecified atom stereocenters. The van der Waals surface area contributed by atoms with Crippen LogP contribution in [-0.2, 0) is 4.74 Å². The van der Waals surface area contributed by atoms with Gasteiger partial charge >= 0.3 is 0 Å². The van der Waals surface area contributed by atoms with E-state index in [9.17, 15) is 0 Å². The molecule has 1 aliphatic rings. The Bertz CT molecular complexity index is 236. The van der Waals surface area contributed by atoms with Crippen LogP contribution < -0.4 is 5.32 Å². The molecule has 78 valence electrons. The van der Waals surface area contributed by atoms with Crippen LogP contribution in [0.1, 0.15) is 19.8 Å². The molecule has 2 atom stereocenters. The Hall–Kier alpha value is -1.01. The van der Waals surface area contributed by atoms with Gasteiger partial charge in [-0.1, -0.05) is 5.92 Å². The van der Waals surface area contributed by atoms with Crippen molar-refractivity contribution >= 4 is 5.84 Å². The van der Waals surface area contributed by atoms with E-state index in [4.69, 9.17) is 11.2 Å². The molecule has 14 heavy (non-hydrogen) atoms. The van der Waals surface area contributed by atoms with Crippen molar-refractivity contribution in [1.29, 1.82) is 0 Å². The summed E-state index contributed by atoms with van der Waals surface area (Å²) >= 11 is 0. The van der Waals surface area contributed by atoms with Gasteiger partial charge in [-0.15, -0.1) is 6.42 Å². The van der Waals surface area contributed by atoms with Crippen LogP contribution >= 0.6 is 0 Å². The van der Waals surface area contributed by atoms with Gasteiger partial charge in [0, 0.05) is 26.7 Å². The third kappa shape index (κ3) is 3.39. The number of rotatable bonds is 3. The van der Waals surface area contributed by atoms with Crippen LogP contribution in [0.2, 0.25) is 0 Å². The zero-order valence-electron chi connectivity index (χ0n) is 8.92. The van der Waals surface area contributed by atoms with Crippen LogP contribution in [0.5, 0.6) is 0 Å². The first-order valence-corrected chi connectivity index (χ1v) is 5.02. The zero-order chi connectivity index (χ0) is 10.4. The highest BCUT2D eigenvalue weighted by Crippen LogP contribution is 2.16. The number of nitrogens with zero attached hydrogens (tertiary/aromatic N) is 1. The van der Waals surface area contributed by atoms with Gasteiger partial charge in [-0.2, -0.15) is 0 Å². The van der Waals surface area contributed by atoms with E-state index >= 15 is 0 Å². The lowest BCUT2D eigenvalue weighted by Gasteiger charge is -2.14. The minimum atomic E-state index is 0.0519. The number of amidine groups is 1. The molecule has 0 radical (unpaired) electrons. The fourth-order valence-electron chi connectivity index (χ4n) is 1.52. The molecule has 1 rings (SSSR count). The predicted molar refractivity (Wildman–Crippen MR) is 58.3 cm³/mol. The first kappa shape index (κ1) is 11.1. The molecule has 0 aliphatic carbocycles. The van der Waals surface area contributed by atoms with E-state index in [0.29, 0.717) is 5.92 Å². The van der Waals surface area contributed by atoms with Gasteiger partial charge < -0.3 is 10.1 Å². The Morgan fingerprint density at radius 2 is 2.57 bits per heavy atom. The maximum Gasteiger partial charge on any atom is 0.0972 e. The second-order valence-electron chi connectivity index (χ2n) is 3.64. The molecular formula is C11H18N2O. The van der Waals surface area contributed by atoms with Crippen molar-refractivity contribution in [3.63, 3.8) is 0 Å². The molecule has 0 spiro atoms. The summed E-state index contributed by atoms with van der Waals surface area (Å²) in [5.41, 5.74) is 0. The van der Waals surface area contributed by atoms with Gasteiger partial charge in [0.1, 0.15) is 0 Å². The lowest BCUT2D eigenvalue weighted by atomic mass is 10.0. The van der Waals surface area contributed by atoms with Crippen molar-refractivity contribution in [1.82, 2.24) is 5.32 Å². The first-order valence-electron chi connectivity index (χ1n) is 5.02. The second-order valence-corrected chi connectivity index (χ2v) is 3.64. The molecule has 1 N–H and O–H groups in total. The summed E-state index contributed by atoms with van der Waals surface area (Å²) in [6.45, 7) is 3.69. The third-order valence-corrected chi connectivity index (χ3v) is 2.41. The van der Waals surface area contributed by atoms with E-state index in [-0.39, 0.29) is 6.04 Å². The summed E-state index contributed by atoms with van der Waals surface area (Å²) in [4.78, 5) is 4.19. The van der Waals surface area contributed by atoms with E-state index in [1.807, 2.05) is 6.92 Å². The minimum Gasteiger partial charge on any atom is -0.381 e. The van der Waals surface area contributed by atoms with Crippen molar-refractivity contribution in [2.24, 2.45) is 10.9 Å². The summed E-state index contributed by atoms with van der Waals surface area (Å²) in [5.74, 6) is 4.23. The van der Waals surface area contributed by atoms with Crippen molar-refractivity contribution in [3.05, 3.63) is 0 Å². The average Bonchev–Trinajstić information content (AvgIpc) is 2.69. The second kappa shape index (κ2) is 5.66. The highest BCUT2D eigenvalue weighted by molar-refractivity contribution is 5.82. The van der Waals surface area contributed by atoms with Gasteiger partial charge in [0.05, 0.1) is 11.9 Å². The standard InChI is InChI=1S/C11H18N2O/c1-4-9(2)13-11(12-3)7-10-5-6-14-8-10/h1,9-10H,5-8H2,2-3H3,(H,12,13). The fourth-order valence-corrected chi connectivity index (χ4v) is 1.52. The van der Waals surface area contributed by atoms with Gasteiger partial charge in [0.2, 0.25) is 0 Å². The van der Waals surface area contributed by atoms with Crippen LogP contribution in [0.3, 0.4) is 0 Å². The Morgan fingerprint density at radius 3 is 3.07 bits per heavy atom. The van der Waals surface area contributed by atoms with Gasteiger partial charge in [-0.25, -0.2) is 0 Å². The molecule has 1 saturated heterocycles. The predicted octanol–water partition coefficient (Wildman–Crippen LogP) is 1.05. The summed E-state index contributed by atoms with van der Waals surface area (Å²) in [7, 11) is 1.79. The van der Waals surface area contributed by atoms with Crippen LogP contribution in [0.15, 0.2) is 4.99 Å². The number of hydrogen-bond donors (Lipinski definition) is 1. The van der Waals surface area contributed by atoms with Crippen molar-refractivity contribution in [3.8, 4) is 12.3 Å². The molecule has 0 amide bonds. The van der Waals surface area contributed by atoms with E-state index in [1.165, 1.54) is 0 Å². The Kier molecular flexibility index (Phi) is 4.48. The molecule has 1 heterocycles. The maximum atomic E-state index is 5.31. The molecule has 1 fully saturated rings.